The van der Waals surface area contributed by atoms with Gasteiger partial charge in [0.25, 0.3) is 0 Å². The van der Waals surface area contributed by atoms with Crippen molar-refractivity contribution in [2.75, 3.05) is 6.61 Å². The van der Waals surface area contributed by atoms with Crippen molar-refractivity contribution in [3.05, 3.63) is 24.0 Å². The van der Waals surface area contributed by atoms with Gasteiger partial charge in [0.1, 0.15) is 5.75 Å². The van der Waals surface area contributed by atoms with Crippen LogP contribution in [0.25, 0.3) is 0 Å². The van der Waals surface area contributed by atoms with Gasteiger partial charge in [-0.3, -0.25) is 4.98 Å². The van der Waals surface area contributed by atoms with Crippen LogP contribution in [0.3, 0.4) is 0 Å². The van der Waals surface area contributed by atoms with E-state index in [1.54, 1.807) is 12.3 Å². The van der Waals surface area contributed by atoms with Gasteiger partial charge in [0, 0.05) is 12.3 Å². The van der Waals surface area contributed by atoms with Crippen molar-refractivity contribution in [2.45, 2.75) is 32.3 Å². The zero-order valence-corrected chi connectivity index (χ0v) is 8.85. The molecular formula is C12H17NO2. The summed E-state index contributed by atoms with van der Waals surface area (Å²) >= 11 is 0. The van der Waals surface area contributed by atoms with Crippen LogP contribution in [0.4, 0.5) is 0 Å². The van der Waals surface area contributed by atoms with E-state index in [1.165, 1.54) is 25.7 Å². The average Bonchev–Trinajstić information content (AvgIpc) is 2.79. The summed E-state index contributed by atoms with van der Waals surface area (Å²) in [4.78, 5) is 4.01. The van der Waals surface area contributed by atoms with E-state index in [0.717, 1.165) is 18.3 Å². The molecule has 0 spiro atoms. The number of hydrogen-bond acceptors (Lipinski definition) is 3. The van der Waals surface area contributed by atoms with Crippen LogP contribution in [0.5, 0.6) is 5.75 Å². The molecule has 82 valence electrons. The Hall–Kier alpha value is -1.09. The first-order valence-electron chi connectivity index (χ1n) is 5.57. The van der Waals surface area contributed by atoms with E-state index < -0.39 is 0 Å². The number of nitrogens with zero attached hydrogens (tertiary/aromatic N) is 1. The Bertz CT molecular complexity index is 308. The van der Waals surface area contributed by atoms with Gasteiger partial charge in [-0.05, 0) is 24.8 Å². The van der Waals surface area contributed by atoms with Gasteiger partial charge in [-0.2, -0.15) is 0 Å². The van der Waals surface area contributed by atoms with Crippen LogP contribution in [-0.4, -0.2) is 16.7 Å². The molecule has 2 rings (SSSR count). The first kappa shape index (κ1) is 10.4. The van der Waals surface area contributed by atoms with E-state index in [4.69, 9.17) is 9.84 Å². The van der Waals surface area contributed by atoms with Gasteiger partial charge < -0.3 is 9.84 Å². The minimum absolute atomic E-state index is 0.0272. The van der Waals surface area contributed by atoms with Crippen LogP contribution < -0.4 is 4.74 Å². The van der Waals surface area contributed by atoms with Crippen molar-refractivity contribution in [3.63, 3.8) is 0 Å². The second-order valence-corrected chi connectivity index (χ2v) is 4.10. The minimum Gasteiger partial charge on any atom is -0.493 e. The second kappa shape index (κ2) is 5.12. The number of ether oxygens (including phenoxy) is 1. The zero-order chi connectivity index (χ0) is 10.5. The molecule has 1 heterocycles. The number of hydrogen-bond donors (Lipinski definition) is 1. The molecule has 0 amide bonds. The summed E-state index contributed by atoms with van der Waals surface area (Å²) in [6, 6.07) is 3.64. The molecule has 0 aromatic carbocycles. The molecule has 0 bridgehead atoms. The van der Waals surface area contributed by atoms with Gasteiger partial charge >= 0.3 is 0 Å². The van der Waals surface area contributed by atoms with Gasteiger partial charge in [-0.15, -0.1) is 0 Å². The minimum atomic E-state index is -0.0272. The molecule has 1 N–H and O–H groups in total. The Morgan fingerprint density at radius 2 is 2.20 bits per heavy atom. The van der Waals surface area contributed by atoms with Crippen LogP contribution in [0.15, 0.2) is 18.3 Å². The maximum atomic E-state index is 8.92. The molecule has 0 unspecified atom stereocenters. The monoisotopic (exact) mass is 207 g/mol. The summed E-state index contributed by atoms with van der Waals surface area (Å²) in [6.45, 7) is 0.773. The maximum Gasteiger partial charge on any atom is 0.122 e. The summed E-state index contributed by atoms with van der Waals surface area (Å²) in [5.74, 6) is 1.54. The molecule has 1 aliphatic rings. The van der Waals surface area contributed by atoms with E-state index in [2.05, 4.69) is 4.98 Å². The molecule has 1 saturated carbocycles. The Balaban J connectivity index is 1.86. The summed E-state index contributed by atoms with van der Waals surface area (Å²) in [7, 11) is 0. The molecule has 1 fully saturated rings. The highest BCUT2D eigenvalue weighted by molar-refractivity contribution is 5.22. The summed E-state index contributed by atoms with van der Waals surface area (Å²) in [5.41, 5.74) is 0.666. The molecule has 1 aliphatic carbocycles. The normalized spacial score (nSPS) is 16.9. The number of aliphatic hydroxyl groups excluding tert-OH is 1. The van der Waals surface area contributed by atoms with Crippen molar-refractivity contribution in [3.8, 4) is 5.75 Å². The Morgan fingerprint density at radius 1 is 1.40 bits per heavy atom. The predicted molar refractivity (Wildman–Crippen MR) is 57.6 cm³/mol. The van der Waals surface area contributed by atoms with Crippen LogP contribution >= 0.6 is 0 Å². The summed E-state index contributed by atoms with van der Waals surface area (Å²) in [5, 5.41) is 8.92. The zero-order valence-electron chi connectivity index (χ0n) is 8.85. The smallest absolute Gasteiger partial charge is 0.122 e. The molecule has 3 heteroatoms. The number of rotatable bonds is 4. The van der Waals surface area contributed by atoms with Crippen molar-refractivity contribution >= 4 is 0 Å². The maximum absolute atomic E-state index is 8.92. The summed E-state index contributed by atoms with van der Waals surface area (Å²) in [6.07, 6.45) is 6.93. The van der Waals surface area contributed by atoms with Crippen LogP contribution in [0.2, 0.25) is 0 Å². The van der Waals surface area contributed by atoms with Crippen molar-refractivity contribution < 1.29 is 9.84 Å². The van der Waals surface area contributed by atoms with Crippen LogP contribution in [0, 0.1) is 5.92 Å². The third kappa shape index (κ3) is 2.93. The highest BCUT2D eigenvalue weighted by Crippen LogP contribution is 2.25. The lowest BCUT2D eigenvalue weighted by Gasteiger charge is -2.11. The van der Waals surface area contributed by atoms with Gasteiger partial charge in [-0.1, -0.05) is 12.8 Å². The first-order chi connectivity index (χ1) is 7.38. The molecule has 0 radical (unpaired) electrons. The highest BCUT2D eigenvalue weighted by atomic mass is 16.5. The lowest BCUT2D eigenvalue weighted by molar-refractivity contribution is 0.248. The third-order valence-electron chi connectivity index (χ3n) is 2.91. The van der Waals surface area contributed by atoms with Crippen molar-refractivity contribution in [1.82, 2.24) is 4.98 Å². The molecule has 3 nitrogen and oxygen atoms in total. The van der Waals surface area contributed by atoms with E-state index in [1.807, 2.05) is 6.07 Å². The van der Waals surface area contributed by atoms with Crippen LogP contribution in [-0.2, 0) is 6.61 Å². The molecule has 1 aromatic rings. The largest absolute Gasteiger partial charge is 0.493 e. The molecule has 1 aromatic heterocycles. The fourth-order valence-corrected chi connectivity index (χ4v) is 2.02. The standard InChI is InChI=1S/C12H17NO2/c14-8-11-7-12(5-6-13-11)15-9-10-3-1-2-4-10/h5-7,10,14H,1-4,8-9H2. The van der Waals surface area contributed by atoms with E-state index in [9.17, 15) is 0 Å². The van der Waals surface area contributed by atoms with E-state index in [-0.39, 0.29) is 6.61 Å². The quantitative estimate of drug-likeness (QED) is 0.822. The molecular weight excluding hydrogens is 190 g/mol. The number of aromatic nitrogens is 1. The lowest BCUT2D eigenvalue weighted by Crippen LogP contribution is -2.08. The number of aliphatic hydroxyl groups is 1. The molecule has 15 heavy (non-hydrogen) atoms. The Morgan fingerprint density at radius 3 is 2.93 bits per heavy atom. The lowest BCUT2D eigenvalue weighted by atomic mass is 10.1. The summed E-state index contributed by atoms with van der Waals surface area (Å²) < 4.78 is 5.68. The Labute approximate surface area is 90.1 Å². The molecule has 0 atom stereocenters. The van der Waals surface area contributed by atoms with Gasteiger partial charge in [-0.25, -0.2) is 0 Å². The SMILES string of the molecule is OCc1cc(OCC2CCCC2)ccn1. The average molecular weight is 207 g/mol. The topological polar surface area (TPSA) is 42.4 Å². The molecule has 0 saturated heterocycles. The first-order valence-corrected chi connectivity index (χ1v) is 5.57. The second-order valence-electron chi connectivity index (χ2n) is 4.10. The number of pyridine rings is 1. The van der Waals surface area contributed by atoms with Crippen LogP contribution in [0.1, 0.15) is 31.4 Å². The van der Waals surface area contributed by atoms with Gasteiger partial charge in [0.15, 0.2) is 0 Å². The van der Waals surface area contributed by atoms with Gasteiger partial charge in [0.05, 0.1) is 18.9 Å². The third-order valence-corrected chi connectivity index (χ3v) is 2.91. The highest BCUT2D eigenvalue weighted by Gasteiger charge is 2.15. The van der Waals surface area contributed by atoms with Gasteiger partial charge in [0.2, 0.25) is 0 Å². The fourth-order valence-electron chi connectivity index (χ4n) is 2.02. The predicted octanol–water partition coefficient (Wildman–Crippen LogP) is 2.14. The van der Waals surface area contributed by atoms with E-state index >= 15 is 0 Å². The van der Waals surface area contributed by atoms with E-state index in [0.29, 0.717) is 5.69 Å². The van der Waals surface area contributed by atoms with Crippen molar-refractivity contribution in [1.29, 1.82) is 0 Å². The fraction of sp³-hybridized carbons (Fsp3) is 0.583. The van der Waals surface area contributed by atoms with Crippen molar-refractivity contribution in [2.24, 2.45) is 5.92 Å². The molecule has 0 aliphatic heterocycles. The Kier molecular flexibility index (Phi) is 3.56.